The topological polar surface area (TPSA) is 193 Å². The van der Waals surface area contributed by atoms with E-state index >= 15 is 0 Å². The minimum absolute atomic E-state index is 0.0234. The average molecular weight is 788 g/mol. The first-order valence-electron chi connectivity index (χ1n) is 14.4. The molecular weight excluding hydrogens is 744 g/mol. The third-order valence-corrected chi connectivity index (χ3v) is 9.17. The van der Waals surface area contributed by atoms with Crippen molar-refractivity contribution in [1.29, 1.82) is 0 Å². The van der Waals surface area contributed by atoms with Crippen LogP contribution < -0.4 is 26.6 Å². The van der Waals surface area contributed by atoms with E-state index in [0.29, 0.717) is 22.8 Å². The number of thiol groups is 4. The standard InChI is InChI=1S/C11H17N3OS.C9H13NS.C6H7O3PS.C6H6O3S2/c12-7-1-2-10(13)11(15)14-8-3-5-9(16)6-4-8;1-10(2,3)8-4-6-9(11)7-5-8;7-10(8,9)5-1-3-6(11)4-2-5;7-11(8,9)6-3-1-5(10)2-4-6/h3-6,10,16H,1-2,7,12-13H2,(H,14,15);4-7H,1-3H3;1-4,11H,(H2,7,8,9);1-4,10H,(H,7,8,9)/p+1. The predicted molar refractivity (Wildman–Crippen MR) is 211 cm³/mol. The lowest BCUT2D eigenvalue weighted by atomic mass is 10.1. The molecule has 0 saturated carbocycles. The Morgan fingerprint density at radius 1 is 0.776 bits per heavy atom. The van der Waals surface area contributed by atoms with Crippen LogP contribution in [-0.2, 0) is 19.5 Å². The lowest BCUT2D eigenvalue weighted by Crippen LogP contribution is -2.35. The number of nitrogens with one attached hydrogen (secondary N) is 1. The van der Waals surface area contributed by atoms with Gasteiger partial charge in [-0.1, -0.05) is 0 Å². The van der Waals surface area contributed by atoms with E-state index in [0.717, 1.165) is 26.4 Å². The van der Waals surface area contributed by atoms with Gasteiger partial charge in [-0.2, -0.15) is 8.42 Å². The Hall–Kier alpha value is -2.31. The largest absolute Gasteiger partial charge is 0.356 e. The van der Waals surface area contributed by atoms with Gasteiger partial charge < -0.3 is 26.6 Å². The number of nitrogens with zero attached hydrogens (tertiary/aromatic N) is 1. The average Bonchev–Trinajstić information content (AvgIpc) is 3.01. The van der Waals surface area contributed by atoms with Gasteiger partial charge in [0, 0.05) is 37.4 Å². The number of rotatable bonds is 8. The molecule has 0 saturated heterocycles. The second kappa shape index (κ2) is 21.1. The van der Waals surface area contributed by atoms with Crippen LogP contribution in [0.5, 0.6) is 0 Å². The third-order valence-electron chi connectivity index (χ3n) is 6.14. The number of carbonyl (C=O) groups excluding carboxylic acids is 1. The summed E-state index contributed by atoms with van der Waals surface area (Å²) >= 11 is 16.3. The van der Waals surface area contributed by atoms with Crippen LogP contribution in [0.15, 0.2) is 122 Å². The van der Waals surface area contributed by atoms with Crippen molar-refractivity contribution in [3.63, 3.8) is 0 Å². The maximum Gasteiger partial charge on any atom is 0.356 e. The molecule has 4 aromatic carbocycles. The molecule has 4 rings (SSSR count). The van der Waals surface area contributed by atoms with Crippen LogP contribution in [0, 0.1) is 0 Å². The number of nitrogens with two attached hydrogens (primary N) is 2. The SMILES string of the molecule is C[N+](C)(C)c1ccc(S)cc1.NCCCC(N)C(=O)Nc1ccc(S)cc1.O=P(O)(O)c1ccc(S)cc1.O=S(=O)(O)c1ccc(S)cc1. The van der Waals surface area contributed by atoms with Crippen molar-refractivity contribution in [1.82, 2.24) is 4.48 Å². The Kier molecular flexibility index (Phi) is 19.3. The van der Waals surface area contributed by atoms with Gasteiger partial charge in [0.1, 0.15) is 5.69 Å². The molecule has 49 heavy (non-hydrogen) atoms. The molecule has 0 bridgehead atoms. The fourth-order valence-corrected chi connectivity index (χ4v) is 5.03. The lowest BCUT2D eigenvalue weighted by molar-refractivity contribution is -0.117. The van der Waals surface area contributed by atoms with Crippen LogP contribution in [0.25, 0.3) is 0 Å². The van der Waals surface area contributed by atoms with E-state index in [9.17, 15) is 17.8 Å². The minimum Gasteiger partial charge on any atom is -0.330 e. The number of carbonyl (C=O) groups is 1. The second-order valence-electron chi connectivity index (χ2n) is 11.1. The third kappa shape index (κ3) is 19.0. The summed E-state index contributed by atoms with van der Waals surface area (Å²) in [5.74, 6) is -0.180. The molecule has 11 nitrogen and oxygen atoms in total. The molecule has 1 atom stereocenters. The van der Waals surface area contributed by atoms with Crippen molar-refractivity contribution >= 4 is 90.8 Å². The van der Waals surface area contributed by atoms with Crippen molar-refractivity contribution in [2.24, 2.45) is 11.5 Å². The number of benzene rings is 4. The van der Waals surface area contributed by atoms with Gasteiger partial charge in [0.15, 0.2) is 0 Å². The molecule has 1 amide bonds. The lowest BCUT2D eigenvalue weighted by Gasteiger charge is -2.23. The highest BCUT2D eigenvalue weighted by molar-refractivity contribution is 7.85. The Morgan fingerprint density at radius 2 is 1.16 bits per heavy atom. The summed E-state index contributed by atoms with van der Waals surface area (Å²) < 4.78 is 40.9. The fraction of sp³-hybridized carbons (Fsp3) is 0.219. The summed E-state index contributed by atoms with van der Waals surface area (Å²) in [6, 6.07) is 26.3. The number of anilines is 1. The molecule has 0 aromatic heterocycles. The summed E-state index contributed by atoms with van der Waals surface area (Å²) in [5, 5.41) is 2.76. The van der Waals surface area contributed by atoms with Gasteiger partial charge >= 0.3 is 7.60 Å². The summed E-state index contributed by atoms with van der Waals surface area (Å²) in [4.78, 5) is 32.0. The van der Waals surface area contributed by atoms with Crippen LogP contribution in [0.2, 0.25) is 0 Å². The first-order valence-corrected chi connectivity index (χ1v) is 19.3. The highest BCUT2D eigenvalue weighted by atomic mass is 32.2. The summed E-state index contributed by atoms with van der Waals surface area (Å²) in [7, 11) is -1.69. The van der Waals surface area contributed by atoms with E-state index in [2.05, 4.69) is 89.1 Å². The molecule has 0 heterocycles. The van der Waals surface area contributed by atoms with Crippen molar-refractivity contribution in [2.45, 2.75) is 43.4 Å². The van der Waals surface area contributed by atoms with Crippen molar-refractivity contribution in [2.75, 3.05) is 33.0 Å². The van der Waals surface area contributed by atoms with Crippen LogP contribution in [0.1, 0.15) is 12.8 Å². The summed E-state index contributed by atoms with van der Waals surface area (Å²) in [6.45, 7) is 0.551. The zero-order valence-corrected chi connectivity index (χ0v) is 32.4. The van der Waals surface area contributed by atoms with E-state index in [4.69, 9.17) is 25.8 Å². The van der Waals surface area contributed by atoms with Gasteiger partial charge in [-0.3, -0.25) is 18.4 Å². The smallest absolute Gasteiger partial charge is 0.330 e. The zero-order chi connectivity index (χ0) is 37.4. The quantitative estimate of drug-likeness (QED) is 0.0498. The summed E-state index contributed by atoms with van der Waals surface area (Å²) in [5.41, 5.74) is 13.1. The molecule has 0 aliphatic rings. The van der Waals surface area contributed by atoms with Crippen LogP contribution in [0.3, 0.4) is 0 Å². The highest BCUT2D eigenvalue weighted by Crippen LogP contribution is 2.33. The van der Waals surface area contributed by atoms with Crippen LogP contribution in [0.4, 0.5) is 11.4 Å². The van der Waals surface area contributed by atoms with Gasteiger partial charge in [0.05, 0.1) is 37.4 Å². The monoisotopic (exact) mass is 787 g/mol. The maximum atomic E-state index is 11.6. The Balaban J connectivity index is 0.000000332. The highest BCUT2D eigenvalue weighted by Gasteiger charge is 2.15. The van der Waals surface area contributed by atoms with E-state index in [1.807, 2.05) is 24.3 Å². The molecule has 4 aromatic rings. The molecular formula is C32H44N4O7PS5+. The van der Waals surface area contributed by atoms with Gasteiger partial charge in [0.25, 0.3) is 10.1 Å². The summed E-state index contributed by atoms with van der Waals surface area (Å²) in [6.07, 6.45) is 1.36. The molecule has 0 fully saturated rings. The second-order valence-corrected chi connectivity index (χ2v) is 16.2. The van der Waals surface area contributed by atoms with Crippen molar-refractivity contribution in [3.05, 3.63) is 97.1 Å². The first kappa shape index (κ1) is 44.7. The van der Waals surface area contributed by atoms with Crippen LogP contribution >= 0.6 is 58.1 Å². The van der Waals surface area contributed by atoms with E-state index < -0.39 is 23.8 Å². The number of quaternary nitrogens is 1. The zero-order valence-electron chi connectivity index (χ0n) is 27.2. The number of amides is 1. The van der Waals surface area contributed by atoms with Crippen LogP contribution in [-0.4, -0.2) is 62.4 Å². The van der Waals surface area contributed by atoms with E-state index in [1.165, 1.54) is 54.2 Å². The number of hydrogen-bond acceptors (Lipinski definition) is 10. The predicted octanol–water partition coefficient (Wildman–Crippen LogP) is 5.15. The minimum atomic E-state index is -4.07. The van der Waals surface area contributed by atoms with E-state index in [-0.39, 0.29) is 16.1 Å². The molecule has 17 heteroatoms. The maximum absolute atomic E-state index is 11.6. The number of hydrogen-bond donors (Lipinski definition) is 10. The molecule has 8 N–H and O–H groups in total. The molecule has 0 spiro atoms. The first-order chi connectivity index (χ1) is 22.6. The normalized spacial score (nSPS) is 11.8. The molecule has 0 aliphatic carbocycles. The van der Waals surface area contributed by atoms with Crippen molar-refractivity contribution < 1.29 is 32.1 Å². The van der Waals surface area contributed by atoms with Gasteiger partial charge in [-0.25, -0.2) is 0 Å². The molecule has 0 radical (unpaired) electrons. The Labute approximate surface area is 310 Å². The molecule has 1 unspecified atom stereocenters. The van der Waals surface area contributed by atoms with Crippen molar-refractivity contribution in [3.8, 4) is 0 Å². The Bertz CT molecular complexity index is 1730. The van der Waals surface area contributed by atoms with Gasteiger partial charge in [-0.05, 0) is 104 Å². The van der Waals surface area contributed by atoms with Gasteiger partial charge in [-0.15, -0.1) is 50.5 Å². The Morgan fingerprint density at radius 3 is 1.53 bits per heavy atom. The van der Waals surface area contributed by atoms with Gasteiger partial charge in [0.2, 0.25) is 5.91 Å². The molecule has 0 aliphatic heterocycles. The van der Waals surface area contributed by atoms with E-state index in [1.54, 1.807) is 12.1 Å². The fourth-order valence-electron chi connectivity index (χ4n) is 3.41. The molecule has 268 valence electrons.